The molecule has 2 rings (SSSR count). The first kappa shape index (κ1) is 11.1. The lowest BCUT2D eigenvalue weighted by Gasteiger charge is -2.27. The monoisotopic (exact) mass is 221 g/mol. The molecule has 5 nitrogen and oxygen atoms in total. The number of hydrogen-bond donors (Lipinski definition) is 1. The van der Waals surface area contributed by atoms with E-state index in [2.05, 4.69) is 39.2 Å². The summed E-state index contributed by atoms with van der Waals surface area (Å²) in [5, 5.41) is 11.1. The molecule has 0 bridgehead atoms. The van der Waals surface area contributed by atoms with Gasteiger partial charge in [0.25, 0.3) is 0 Å². The highest BCUT2D eigenvalue weighted by Crippen LogP contribution is 2.17. The molecule has 0 atom stereocenters. The third kappa shape index (κ3) is 2.81. The molecule has 5 heteroatoms. The molecular weight excluding hydrogens is 202 g/mol. The van der Waals surface area contributed by atoms with Gasteiger partial charge in [-0.2, -0.15) is 10.1 Å². The van der Waals surface area contributed by atoms with Crippen molar-refractivity contribution in [2.75, 3.05) is 23.3 Å². The maximum Gasteiger partial charge on any atom is 0.244 e. The zero-order valence-corrected chi connectivity index (χ0v) is 9.98. The average Bonchev–Trinajstić information content (AvgIpc) is 2.30. The smallest absolute Gasteiger partial charge is 0.244 e. The molecule has 0 saturated carbocycles. The van der Waals surface area contributed by atoms with Crippen molar-refractivity contribution >= 4 is 11.8 Å². The van der Waals surface area contributed by atoms with Gasteiger partial charge in [-0.3, -0.25) is 0 Å². The van der Waals surface area contributed by atoms with Gasteiger partial charge in [0.15, 0.2) is 5.82 Å². The van der Waals surface area contributed by atoms with Crippen molar-refractivity contribution in [2.45, 2.75) is 39.2 Å². The highest BCUT2D eigenvalue weighted by molar-refractivity contribution is 5.40. The summed E-state index contributed by atoms with van der Waals surface area (Å²) >= 11 is 0. The molecule has 1 aliphatic rings. The predicted molar refractivity (Wildman–Crippen MR) is 64.6 cm³/mol. The van der Waals surface area contributed by atoms with Crippen molar-refractivity contribution in [3.8, 4) is 0 Å². The van der Waals surface area contributed by atoms with Gasteiger partial charge in [0.2, 0.25) is 5.95 Å². The highest BCUT2D eigenvalue weighted by atomic mass is 15.3. The van der Waals surface area contributed by atoms with Crippen LogP contribution in [0.2, 0.25) is 0 Å². The fourth-order valence-corrected chi connectivity index (χ4v) is 1.89. The Hall–Kier alpha value is -1.39. The Labute approximate surface area is 96.3 Å². The summed E-state index contributed by atoms with van der Waals surface area (Å²) in [6.45, 7) is 6.30. The number of piperidine rings is 1. The third-order valence-corrected chi connectivity index (χ3v) is 2.64. The molecule has 1 fully saturated rings. The maximum absolute atomic E-state index is 4.48. The van der Waals surface area contributed by atoms with E-state index in [0.29, 0.717) is 12.0 Å². The van der Waals surface area contributed by atoms with E-state index < -0.39 is 0 Å². The summed E-state index contributed by atoms with van der Waals surface area (Å²) < 4.78 is 0. The topological polar surface area (TPSA) is 53.9 Å². The molecular formula is C11H19N5. The lowest BCUT2D eigenvalue weighted by atomic mass is 10.1. The lowest BCUT2D eigenvalue weighted by molar-refractivity contribution is 0.571. The molecule has 2 heterocycles. The fraction of sp³-hybridized carbons (Fsp3) is 0.727. The van der Waals surface area contributed by atoms with Crippen LogP contribution in [0.15, 0.2) is 6.20 Å². The standard InChI is InChI=1S/C11H19N5/c1-9(2)13-11-14-10(8-12-15-11)16-6-4-3-5-7-16/h8-9H,3-7H2,1-2H3,(H,13,14,15). The molecule has 0 aliphatic carbocycles. The second-order valence-electron chi connectivity index (χ2n) is 4.48. The molecule has 16 heavy (non-hydrogen) atoms. The van der Waals surface area contributed by atoms with Gasteiger partial charge < -0.3 is 10.2 Å². The van der Waals surface area contributed by atoms with Gasteiger partial charge in [-0.25, -0.2) is 0 Å². The fourth-order valence-electron chi connectivity index (χ4n) is 1.89. The molecule has 0 radical (unpaired) electrons. The zero-order valence-electron chi connectivity index (χ0n) is 9.98. The van der Waals surface area contributed by atoms with E-state index in [9.17, 15) is 0 Å². The largest absolute Gasteiger partial charge is 0.355 e. The van der Waals surface area contributed by atoms with Crippen LogP contribution in [-0.2, 0) is 0 Å². The van der Waals surface area contributed by atoms with Crippen LogP contribution in [0.5, 0.6) is 0 Å². The summed E-state index contributed by atoms with van der Waals surface area (Å²) in [6, 6.07) is 0.332. The van der Waals surface area contributed by atoms with E-state index in [1.165, 1.54) is 19.3 Å². The Kier molecular flexibility index (Phi) is 3.54. The van der Waals surface area contributed by atoms with E-state index in [4.69, 9.17) is 0 Å². The van der Waals surface area contributed by atoms with Crippen LogP contribution in [0.1, 0.15) is 33.1 Å². The first-order chi connectivity index (χ1) is 7.75. The molecule has 0 amide bonds. The first-order valence-corrected chi connectivity index (χ1v) is 5.97. The number of aromatic nitrogens is 3. The van der Waals surface area contributed by atoms with Crippen LogP contribution in [-0.4, -0.2) is 34.3 Å². The van der Waals surface area contributed by atoms with Crippen LogP contribution >= 0.6 is 0 Å². The Balaban J connectivity index is 2.08. The number of rotatable bonds is 3. The molecule has 1 aromatic rings. The Morgan fingerprint density at radius 3 is 2.69 bits per heavy atom. The van der Waals surface area contributed by atoms with Gasteiger partial charge in [-0.05, 0) is 33.1 Å². The van der Waals surface area contributed by atoms with Crippen molar-refractivity contribution in [3.63, 3.8) is 0 Å². The van der Waals surface area contributed by atoms with Gasteiger partial charge in [-0.15, -0.1) is 5.10 Å². The second-order valence-corrected chi connectivity index (χ2v) is 4.48. The summed E-state index contributed by atoms with van der Waals surface area (Å²) in [7, 11) is 0. The number of anilines is 2. The number of nitrogens with one attached hydrogen (secondary N) is 1. The van der Waals surface area contributed by atoms with Crippen LogP contribution < -0.4 is 10.2 Å². The number of nitrogens with zero attached hydrogens (tertiary/aromatic N) is 4. The molecule has 88 valence electrons. The van der Waals surface area contributed by atoms with E-state index in [0.717, 1.165) is 18.9 Å². The zero-order chi connectivity index (χ0) is 11.4. The molecule has 0 spiro atoms. The van der Waals surface area contributed by atoms with E-state index in [1.807, 2.05) is 0 Å². The Morgan fingerprint density at radius 2 is 2.00 bits per heavy atom. The first-order valence-electron chi connectivity index (χ1n) is 5.97. The summed E-state index contributed by atoms with van der Waals surface area (Å²) in [5.41, 5.74) is 0. The van der Waals surface area contributed by atoms with E-state index in [1.54, 1.807) is 6.20 Å². The van der Waals surface area contributed by atoms with Gasteiger partial charge in [0, 0.05) is 19.1 Å². The van der Waals surface area contributed by atoms with Crippen molar-refractivity contribution in [3.05, 3.63) is 6.20 Å². The molecule has 0 aromatic carbocycles. The lowest BCUT2D eigenvalue weighted by Crippen LogP contribution is -2.30. The Bertz CT molecular complexity index is 333. The SMILES string of the molecule is CC(C)Nc1nncc(N2CCCCC2)n1. The maximum atomic E-state index is 4.48. The average molecular weight is 221 g/mol. The molecule has 1 saturated heterocycles. The second kappa shape index (κ2) is 5.09. The Morgan fingerprint density at radius 1 is 1.25 bits per heavy atom. The van der Waals surface area contributed by atoms with Crippen LogP contribution in [0.25, 0.3) is 0 Å². The summed E-state index contributed by atoms with van der Waals surface area (Å²) in [6.07, 6.45) is 5.57. The van der Waals surface area contributed by atoms with Crippen LogP contribution in [0.3, 0.4) is 0 Å². The minimum Gasteiger partial charge on any atom is -0.355 e. The third-order valence-electron chi connectivity index (χ3n) is 2.64. The van der Waals surface area contributed by atoms with Gasteiger partial charge in [-0.1, -0.05) is 0 Å². The number of hydrogen-bond acceptors (Lipinski definition) is 5. The molecule has 1 aromatic heterocycles. The van der Waals surface area contributed by atoms with Crippen LogP contribution in [0.4, 0.5) is 11.8 Å². The molecule has 1 aliphatic heterocycles. The quantitative estimate of drug-likeness (QED) is 0.841. The molecule has 0 unspecified atom stereocenters. The van der Waals surface area contributed by atoms with Crippen molar-refractivity contribution < 1.29 is 0 Å². The normalized spacial score (nSPS) is 16.6. The summed E-state index contributed by atoms with van der Waals surface area (Å²) in [5.74, 6) is 1.57. The van der Waals surface area contributed by atoms with E-state index >= 15 is 0 Å². The minimum atomic E-state index is 0.332. The summed E-state index contributed by atoms with van der Waals surface area (Å²) in [4.78, 5) is 6.76. The van der Waals surface area contributed by atoms with Crippen LogP contribution in [0, 0.1) is 0 Å². The van der Waals surface area contributed by atoms with Gasteiger partial charge >= 0.3 is 0 Å². The van der Waals surface area contributed by atoms with Crippen molar-refractivity contribution in [1.82, 2.24) is 15.2 Å². The highest BCUT2D eigenvalue weighted by Gasteiger charge is 2.13. The van der Waals surface area contributed by atoms with Gasteiger partial charge in [0.05, 0.1) is 6.20 Å². The minimum absolute atomic E-state index is 0.332. The molecule has 1 N–H and O–H groups in total. The van der Waals surface area contributed by atoms with Crippen molar-refractivity contribution in [2.24, 2.45) is 0 Å². The predicted octanol–water partition coefficient (Wildman–Crippen LogP) is 1.68. The van der Waals surface area contributed by atoms with Crippen molar-refractivity contribution in [1.29, 1.82) is 0 Å². The van der Waals surface area contributed by atoms with Gasteiger partial charge in [0.1, 0.15) is 0 Å². The van der Waals surface area contributed by atoms with E-state index in [-0.39, 0.29) is 0 Å².